The van der Waals surface area contributed by atoms with Crippen LogP contribution in [-0.2, 0) is 10.2 Å². The number of allylic oxidation sites excluding steroid dienone is 1. The van der Waals surface area contributed by atoms with E-state index in [1.165, 1.54) is 12.1 Å². The first-order chi connectivity index (χ1) is 14.7. The molecule has 31 heavy (non-hydrogen) atoms. The lowest BCUT2D eigenvalue weighted by Crippen LogP contribution is -2.53. The van der Waals surface area contributed by atoms with Gasteiger partial charge in [0, 0.05) is 22.8 Å². The summed E-state index contributed by atoms with van der Waals surface area (Å²) in [5, 5.41) is 20.1. The molecule has 0 aromatic heterocycles. The van der Waals surface area contributed by atoms with Gasteiger partial charge in [-0.05, 0) is 50.6 Å². The number of phenolic OH excluding ortho intramolecular Hbond substituents is 1. The van der Waals surface area contributed by atoms with Crippen LogP contribution in [0.2, 0.25) is 0 Å². The van der Waals surface area contributed by atoms with Gasteiger partial charge in [0.1, 0.15) is 34.3 Å². The molecule has 3 aliphatic heterocycles. The molecule has 0 fully saturated rings. The number of nitrogens with two attached hydrogens (primary N) is 1. The Kier molecular flexibility index (Phi) is 3.58. The van der Waals surface area contributed by atoms with Crippen LogP contribution in [0, 0.1) is 11.3 Å². The highest BCUT2D eigenvalue weighted by molar-refractivity contribution is 6.18. The maximum atomic E-state index is 14.3. The average Bonchev–Trinajstić information content (AvgIpc) is 2.96. The number of hydrogen-bond donors (Lipinski definition) is 2. The molecule has 0 saturated carbocycles. The molecule has 1 atom stereocenters. The molecule has 0 radical (unpaired) electrons. The summed E-state index contributed by atoms with van der Waals surface area (Å²) in [5.74, 6) is 0.327. The molecule has 0 unspecified atom stereocenters. The van der Waals surface area contributed by atoms with Crippen LogP contribution in [0.3, 0.4) is 0 Å². The summed E-state index contributed by atoms with van der Waals surface area (Å²) >= 11 is 0. The zero-order chi connectivity index (χ0) is 22.3. The summed E-state index contributed by atoms with van der Waals surface area (Å²) < 4.78 is 11.2. The molecule has 0 saturated heterocycles. The molecule has 0 bridgehead atoms. The van der Waals surface area contributed by atoms with E-state index in [0.717, 1.165) is 16.8 Å². The number of hydrogen-bond acceptors (Lipinski definition) is 6. The highest BCUT2D eigenvalue weighted by Crippen LogP contribution is 2.60. The fourth-order valence-corrected chi connectivity index (χ4v) is 5.19. The zero-order valence-corrected chi connectivity index (χ0v) is 17.6. The lowest BCUT2D eigenvalue weighted by molar-refractivity contribution is -0.121. The molecule has 0 aliphatic carbocycles. The standard InChI is InChI=1S/C24H21N3O4/c1-12-10-23(2,3)27-20-15(12)8-14(30-4)9-17(20)24(22(27)29)16-6-5-13(28)7-19(16)31-21(26)18(24)11-25/h5-10,28H,26H2,1-4H3/t24-/m0/s1. The second-order valence-electron chi connectivity index (χ2n) is 8.58. The second-order valence-corrected chi connectivity index (χ2v) is 8.58. The van der Waals surface area contributed by atoms with E-state index in [9.17, 15) is 15.2 Å². The van der Waals surface area contributed by atoms with Gasteiger partial charge in [-0.1, -0.05) is 6.08 Å². The first-order valence-corrected chi connectivity index (χ1v) is 9.85. The van der Waals surface area contributed by atoms with Crippen LogP contribution in [0.1, 0.15) is 37.5 Å². The minimum Gasteiger partial charge on any atom is -0.508 e. The zero-order valence-electron chi connectivity index (χ0n) is 17.6. The molecular weight excluding hydrogens is 394 g/mol. The van der Waals surface area contributed by atoms with Crippen molar-refractivity contribution in [1.29, 1.82) is 5.26 Å². The van der Waals surface area contributed by atoms with Gasteiger partial charge in [0.05, 0.1) is 18.3 Å². The van der Waals surface area contributed by atoms with Crippen molar-refractivity contribution in [2.45, 2.75) is 31.7 Å². The van der Waals surface area contributed by atoms with E-state index in [-0.39, 0.29) is 28.9 Å². The molecule has 3 aliphatic rings. The highest BCUT2D eigenvalue weighted by atomic mass is 16.5. The fourth-order valence-electron chi connectivity index (χ4n) is 5.19. The third-order valence-corrected chi connectivity index (χ3v) is 6.36. The van der Waals surface area contributed by atoms with Gasteiger partial charge in [-0.2, -0.15) is 5.26 Å². The Bertz CT molecular complexity index is 1300. The van der Waals surface area contributed by atoms with E-state index in [0.29, 0.717) is 16.9 Å². The minimum atomic E-state index is -1.51. The van der Waals surface area contributed by atoms with Crippen LogP contribution in [-0.4, -0.2) is 23.7 Å². The number of carbonyl (C=O) groups is 1. The highest BCUT2D eigenvalue weighted by Gasteiger charge is 2.62. The van der Waals surface area contributed by atoms with Gasteiger partial charge < -0.3 is 25.2 Å². The van der Waals surface area contributed by atoms with E-state index in [4.69, 9.17) is 15.2 Å². The number of nitriles is 1. The number of fused-ring (bicyclic) bond motifs is 3. The van der Waals surface area contributed by atoms with Gasteiger partial charge in [-0.3, -0.25) is 4.79 Å². The Hall–Kier alpha value is -3.92. The molecule has 1 spiro atoms. The largest absolute Gasteiger partial charge is 0.508 e. The van der Waals surface area contributed by atoms with Crippen molar-refractivity contribution in [3.8, 4) is 23.3 Å². The summed E-state index contributed by atoms with van der Waals surface area (Å²) in [7, 11) is 1.56. The van der Waals surface area contributed by atoms with Gasteiger partial charge >= 0.3 is 0 Å². The predicted octanol–water partition coefficient (Wildman–Crippen LogP) is 3.32. The quantitative estimate of drug-likeness (QED) is 0.740. The minimum absolute atomic E-state index is 0.0222. The molecule has 5 rings (SSSR count). The molecule has 3 heterocycles. The van der Waals surface area contributed by atoms with Crippen molar-refractivity contribution in [3.63, 3.8) is 0 Å². The molecule has 2 aromatic carbocycles. The van der Waals surface area contributed by atoms with Crippen molar-refractivity contribution in [2.24, 2.45) is 5.73 Å². The molecule has 156 valence electrons. The predicted molar refractivity (Wildman–Crippen MR) is 115 cm³/mol. The van der Waals surface area contributed by atoms with Crippen LogP contribution in [0.4, 0.5) is 5.69 Å². The Morgan fingerprint density at radius 1 is 1.23 bits per heavy atom. The summed E-state index contributed by atoms with van der Waals surface area (Å²) in [6.45, 7) is 5.91. The summed E-state index contributed by atoms with van der Waals surface area (Å²) in [5.41, 5.74) is 7.73. The Morgan fingerprint density at radius 3 is 2.65 bits per heavy atom. The number of phenols is 1. The topological polar surface area (TPSA) is 109 Å². The second kappa shape index (κ2) is 5.82. The SMILES string of the molecule is COc1cc2c3c(c1)[C@]1(C(=O)N3C(C)(C)C=C2C)C(C#N)=C(N)Oc2cc(O)ccc21. The first-order valence-electron chi connectivity index (χ1n) is 9.85. The van der Waals surface area contributed by atoms with Crippen LogP contribution in [0.15, 0.2) is 47.9 Å². The molecular formula is C24H21N3O4. The summed E-state index contributed by atoms with van der Waals surface area (Å²) in [6.07, 6.45) is 2.03. The number of ether oxygens (including phenoxy) is 2. The number of methoxy groups -OCH3 is 1. The number of aromatic hydroxyl groups is 1. The number of nitrogens with zero attached hydrogens (tertiary/aromatic N) is 2. The van der Waals surface area contributed by atoms with Crippen LogP contribution in [0.5, 0.6) is 17.2 Å². The third kappa shape index (κ3) is 2.14. The van der Waals surface area contributed by atoms with E-state index in [2.05, 4.69) is 6.07 Å². The third-order valence-electron chi connectivity index (χ3n) is 6.36. The van der Waals surface area contributed by atoms with Crippen molar-refractivity contribution in [2.75, 3.05) is 12.0 Å². The molecule has 1 amide bonds. The Balaban J connectivity index is 1.99. The van der Waals surface area contributed by atoms with Crippen LogP contribution < -0.4 is 20.1 Å². The summed E-state index contributed by atoms with van der Waals surface area (Å²) in [6, 6.07) is 10.3. The first kappa shape index (κ1) is 19.1. The molecule has 7 nitrogen and oxygen atoms in total. The Morgan fingerprint density at radius 2 is 1.97 bits per heavy atom. The lowest BCUT2D eigenvalue weighted by Gasteiger charge is -2.40. The van der Waals surface area contributed by atoms with Crippen molar-refractivity contribution in [1.82, 2.24) is 0 Å². The van der Waals surface area contributed by atoms with Gasteiger partial charge in [0.2, 0.25) is 11.8 Å². The molecule has 3 N–H and O–H groups in total. The fraction of sp³-hybridized carbons (Fsp3) is 0.250. The van der Waals surface area contributed by atoms with Gasteiger partial charge in [-0.15, -0.1) is 0 Å². The number of amides is 1. The van der Waals surface area contributed by atoms with E-state index in [1.807, 2.05) is 32.9 Å². The number of anilines is 1. The van der Waals surface area contributed by atoms with E-state index < -0.39 is 11.0 Å². The summed E-state index contributed by atoms with van der Waals surface area (Å²) in [4.78, 5) is 16.1. The van der Waals surface area contributed by atoms with Crippen molar-refractivity contribution < 1.29 is 19.4 Å². The van der Waals surface area contributed by atoms with Crippen LogP contribution >= 0.6 is 0 Å². The Labute approximate surface area is 179 Å². The molecule has 7 heteroatoms. The van der Waals surface area contributed by atoms with Gasteiger partial charge in [-0.25, -0.2) is 0 Å². The number of carbonyl (C=O) groups excluding carboxylic acids is 1. The van der Waals surface area contributed by atoms with E-state index >= 15 is 0 Å². The average molecular weight is 415 g/mol. The maximum absolute atomic E-state index is 14.3. The van der Waals surface area contributed by atoms with Gasteiger partial charge in [0.25, 0.3) is 0 Å². The monoisotopic (exact) mass is 415 g/mol. The lowest BCUT2D eigenvalue weighted by atomic mass is 9.68. The smallest absolute Gasteiger partial charge is 0.248 e. The maximum Gasteiger partial charge on any atom is 0.248 e. The van der Waals surface area contributed by atoms with Crippen molar-refractivity contribution >= 4 is 17.2 Å². The van der Waals surface area contributed by atoms with Crippen LogP contribution in [0.25, 0.3) is 5.57 Å². The molecule has 2 aromatic rings. The number of rotatable bonds is 1. The number of benzene rings is 2. The normalized spacial score (nSPS) is 22.5. The van der Waals surface area contributed by atoms with E-state index in [1.54, 1.807) is 24.1 Å². The van der Waals surface area contributed by atoms with Crippen molar-refractivity contribution in [3.05, 3.63) is 64.6 Å². The van der Waals surface area contributed by atoms with Gasteiger partial charge in [0.15, 0.2) is 0 Å².